The largest absolute Gasteiger partial charge is 0.393 e. The summed E-state index contributed by atoms with van der Waals surface area (Å²) in [5.41, 5.74) is 6.64. The molecule has 5 nitrogen and oxygen atoms in total. The van der Waals surface area contributed by atoms with Crippen LogP contribution >= 0.6 is 11.3 Å². The number of hydrogen-bond donors (Lipinski definition) is 1. The molecule has 0 spiro atoms. The number of rotatable bonds is 5. The fourth-order valence-electron chi connectivity index (χ4n) is 1.88. The van der Waals surface area contributed by atoms with Crippen LogP contribution in [0.5, 0.6) is 0 Å². The minimum Gasteiger partial charge on any atom is -0.393 e. The molecule has 100 valence electrons. The van der Waals surface area contributed by atoms with Gasteiger partial charge >= 0.3 is 0 Å². The van der Waals surface area contributed by atoms with E-state index in [-0.39, 0.29) is 11.4 Å². The maximum Gasteiger partial charge on any atom is 0.292 e. The standard InChI is InChI=1S/C13H15N3O2S/c1-15(9-11-3-2-6-19-11)8-10-4-5-12(14)13(7-10)16(17)18/h2-7H,8-9,14H2,1H3. The number of nitro groups is 1. The summed E-state index contributed by atoms with van der Waals surface area (Å²) >= 11 is 1.70. The van der Waals surface area contributed by atoms with E-state index in [2.05, 4.69) is 11.0 Å². The van der Waals surface area contributed by atoms with Gasteiger partial charge in [-0.2, -0.15) is 0 Å². The maximum absolute atomic E-state index is 10.8. The lowest BCUT2D eigenvalue weighted by atomic mass is 10.1. The first-order chi connectivity index (χ1) is 9.06. The third kappa shape index (κ3) is 3.52. The van der Waals surface area contributed by atoms with Crippen LogP contribution in [0, 0.1) is 10.1 Å². The van der Waals surface area contributed by atoms with Crippen molar-refractivity contribution in [1.29, 1.82) is 0 Å². The maximum atomic E-state index is 10.8. The highest BCUT2D eigenvalue weighted by Gasteiger charge is 2.12. The molecule has 1 heterocycles. The van der Waals surface area contributed by atoms with E-state index in [1.165, 1.54) is 4.88 Å². The molecule has 0 unspecified atom stereocenters. The van der Waals surface area contributed by atoms with Crippen molar-refractivity contribution in [3.05, 3.63) is 56.3 Å². The third-order valence-electron chi connectivity index (χ3n) is 2.75. The first kappa shape index (κ1) is 13.5. The molecule has 1 aromatic carbocycles. The summed E-state index contributed by atoms with van der Waals surface area (Å²) in [5.74, 6) is 0. The molecular weight excluding hydrogens is 262 g/mol. The molecule has 0 saturated carbocycles. The zero-order valence-electron chi connectivity index (χ0n) is 10.6. The average Bonchev–Trinajstić information content (AvgIpc) is 2.84. The minimum atomic E-state index is -0.446. The molecule has 1 aromatic heterocycles. The molecule has 0 bridgehead atoms. The van der Waals surface area contributed by atoms with Gasteiger partial charge in [0.15, 0.2) is 0 Å². The van der Waals surface area contributed by atoms with Crippen LogP contribution in [0.15, 0.2) is 35.7 Å². The number of nitrogens with two attached hydrogens (primary N) is 1. The molecule has 0 aliphatic carbocycles. The highest BCUT2D eigenvalue weighted by molar-refractivity contribution is 7.09. The smallest absolute Gasteiger partial charge is 0.292 e. The summed E-state index contributed by atoms with van der Waals surface area (Å²) in [7, 11) is 1.99. The molecule has 0 amide bonds. The van der Waals surface area contributed by atoms with Crippen molar-refractivity contribution in [2.75, 3.05) is 12.8 Å². The summed E-state index contributed by atoms with van der Waals surface area (Å²) in [4.78, 5) is 13.8. The second kappa shape index (κ2) is 5.81. The van der Waals surface area contributed by atoms with Crippen molar-refractivity contribution in [2.45, 2.75) is 13.1 Å². The van der Waals surface area contributed by atoms with Gasteiger partial charge in [-0.1, -0.05) is 12.1 Å². The van der Waals surface area contributed by atoms with E-state index in [1.54, 1.807) is 23.5 Å². The average molecular weight is 277 g/mol. The number of hydrogen-bond acceptors (Lipinski definition) is 5. The fraction of sp³-hybridized carbons (Fsp3) is 0.231. The van der Waals surface area contributed by atoms with Crippen LogP contribution < -0.4 is 5.73 Å². The number of nitrogens with zero attached hydrogens (tertiary/aromatic N) is 2. The number of thiophene rings is 1. The van der Waals surface area contributed by atoms with Crippen LogP contribution in [0.25, 0.3) is 0 Å². The normalized spacial score (nSPS) is 10.8. The number of benzene rings is 1. The Morgan fingerprint density at radius 1 is 1.37 bits per heavy atom. The van der Waals surface area contributed by atoms with Crippen molar-refractivity contribution in [2.24, 2.45) is 0 Å². The summed E-state index contributed by atoms with van der Waals surface area (Å²) in [6.07, 6.45) is 0. The van der Waals surface area contributed by atoms with E-state index >= 15 is 0 Å². The van der Waals surface area contributed by atoms with E-state index in [9.17, 15) is 10.1 Å². The van der Waals surface area contributed by atoms with Crippen LogP contribution in [-0.4, -0.2) is 16.9 Å². The lowest BCUT2D eigenvalue weighted by Gasteiger charge is -2.15. The van der Waals surface area contributed by atoms with Gasteiger partial charge < -0.3 is 5.73 Å². The monoisotopic (exact) mass is 277 g/mol. The van der Waals surface area contributed by atoms with Crippen molar-refractivity contribution in [3.63, 3.8) is 0 Å². The summed E-state index contributed by atoms with van der Waals surface area (Å²) in [6, 6.07) is 9.05. The zero-order chi connectivity index (χ0) is 13.8. The predicted octanol–water partition coefficient (Wildman–Crippen LogP) is 2.87. The van der Waals surface area contributed by atoms with Crippen molar-refractivity contribution >= 4 is 22.7 Å². The lowest BCUT2D eigenvalue weighted by molar-refractivity contribution is -0.384. The molecule has 0 saturated heterocycles. The Labute approximate surface area is 115 Å². The van der Waals surface area contributed by atoms with Gasteiger partial charge in [-0.15, -0.1) is 11.3 Å². The quantitative estimate of drug-likeness (QED) is 0.518. The second-order valence-electron chi connectivity index (χ2n) is 4.40. The molecule has 2 rings (SSSR count). The van der Waals surface area contributed by atoms with Gasteiger partial charge in [0, 0.05) is 24.0 Å². The van der Waals surface area contributed by atoms with Gasteiger partial charge in [-0.05, 0) is 30.1 Å². The molecule has 0 aliphatic rings. The topological polar surface area (TPSA) is 72.4 Å². The Kier molecular flexibility index (Phi) is 4.13. The van der Waals surface area contributed by atoms with Gasteiger partial charge in [0.1, 0.15) is 5.69 Å². The second-order valence-corrected chi connectivity index (χ2v) is 5.43. The summed E-state index contributed by atoms with van der Waals surface area (Å²) in [6.45, 7) is 1.48. The summed E-state index contributed by atoms with van der Waals surface area (Å²) in [5, 5.41) is 12.9. The van der Waals surface area contributed by atoms with Crippen LogP contribution in [0.1, 0.15) is 10.4 Å². The molecule has 6 heteroatoms. The van der Waals surface area contributed by atoms with E-state index < -0.39 is 4.92 Å². The Balaban J connectivity index is 2.06. The SMILES string of the molecule is CN(Cc1ccc(N)c([N+](=O)[O-])c1)Cc1cccs1. The van der Waals surface area contributed by atoms with Gasteiger partial charge in [-0.3, -0.25) is 15.0 Å². The van der Waals surface area contributed by atoms with E-state index in [1.807, 2.05) is 24.6 Å². The van der Waals surface area contributed by atoms with Crippen molar-refractivity contribution < 1.29 is 4.92 Å². The number of anilines is 1. The van der Waals surface area contributed by atoms with E-state index in [4.69, 9.17) is 5.73 Å². The first-order valence-electron chi connectivity index (χ1n) is 5.80. The highest BCUT2D eigenvalue weighted by atomic mass is 32.1. The molecule has 19 heavy (non-hydrogen) atoms. The lowest BCUT2D eigenvalue weighted by Crippen LogP contribution is -2.16. The van der Waals surface area contributed by atoms with Crippen LogP contribution in [0.4, 0.5) is 11.4 Å². The number of nitro benzene ring substituents is 1. The van der Waals surface area contributed by atoms with Crippen molar-refractivity contribution in [1.82, 2.24) is 4.90 Å². The molecule has 0 fully saturated rings. The zero-order valence-corrected chi connectivity index (χ0v) is 11.4. The van der Waals surface area contributed by atoms with Gasteiger partial charge in [0.2, 0.25) is 0 Å². The predicted molar refractivity (Wildman–Crippen MR) is 77.0 cm³/mol. The van der Waals surface area contributed by atoms with Crippen LogP contribution in [0.2, 0.25) is 0 Å². The van der Waals surface area contributed by atoms with Crippen molar-refractivity contribution in [3.8, 4) is 0 Å². The molecule has 2 aromatic rings. The van der Waals surface area contributed by atoms with Gasteiger partial charge in [-0.25, -0.2) is 0 Å². The first-order valence-corrected chi connectivity index (χ1v) is 6.68. The third-order valence-corrected chi connectivity index (χ3v) is 3.61. The molecule has 0 atom stereocenters. The Bertz CT molecular complexity index is 569. The van der Waals surface area contributed by atoms with Crippen LogP contribution in [-0.2, 0) is 13.1 Å². The minimum absolute atomic E-state index is 0.0259. The fourth-order valence-corrected chi connectivity index (χ4v) is 2.67. The Morgan fingerprint density at radius 2 is 2.16 bits per heavy atom. The highest BCUT2D eigenvalue weighted by Crippen LogP contribution is 2.23. The molecule has 0 aliphatic heterocycles. The van der Waals surface area contributed by atoms with Gasteiger partial charge in [0.05, 0.1) is 4.92 Å². The molecule has 2 N–H and O–H groups in total. The Morgan fingerprint density at radius 3 is 2.79 bits per heavy atom. The van der Waals surface area contributed by atoms with Crippen LogP contribution in [0.3, 0.4) is 0 Å². The van der Waals surface area contributed by atoms with Gasteiger partial charge in [0.25, 0.3) is 5.69 Å². The summed E-state index contributed by atoms with van der Waals surface area (Å²) < 4.78 is 0. The Hall–Kier alpha value is -1.92. The van der Waals surface area contributed by atoms with E-state index in [0.717, 1.165) is 12.1 Å². The van der Waals surface area contributed by atoms with E-state index in [0.29, 0.717) is 6.54 Å². The number of nitrogen functional groups attached to an aromatic ring is 1. The molecule has 0 radical (unpaired) electrons. The molecular formula is C13H15N3O2S.